The molecule has 0 aliphatic heterocycles. The molecule has 0 saturated carbocycles. The van der Waals surface area contributed by atoms with E-state index in [1.807, 2.05) is 17.5 Å². The van der Waals surface area contributed by atoms with E-state index in [1.54, 1.807) is 36.7 Å². The number of H-pyrrole nitrogens is 1. The predicted octanol–water partition coefficient (Wildman–Crippen LogP) is 7.26. The molecule has 2 heterocycles. The maximum Gasteiger partial charge on any atom is 0.203 e. The van der Waals surface area contributed by atoms with Crippen molar-refractivity contribution >= 4 is 69.1 Å². The molecule has 29 heavy (non-hydrogen) atoms. The number of aromatic nitrogens is 3. The first-order valence-corrected chi connectivity index (χ1v) is 10.6. The Hall–Kier alpha value is -2.09. The zero-order chi connectivity index (χ0) is 20.4. The van der Waals surface area contributed by atoms with E-state index in [-0.39, 0.29) is 0 Å². The average Bonchev–Trinajstić information content (AvgIpc) is 3.32. The highest BCUT2D eigenvalue weighted by molar-refractivity contribution is 7.14. The van der Waals surface area contributed by atoms with Gasteiger partial charge < -0.3 is 0 Å². The third-order valence-electron chi connectivity index (χ3n) is 3.94. The van der Waals surface area contributed by atoms with Gasteiger partial charge in [0.05, 0.1) is 33.8 Å². The second-order valence-corrected chi connectivity index (χ2v) is 8.40. The van der Waals surface area contributed by atoms with Crippen molar-refractivity contribution < 1.29 is 0 Å². The number of thiazole rings is 1. The van der Waals surface area contributed by atoms with Crippen molar-refractivity contribution in [3.05, 3.63) is 73.6 Å². The van der Waals surface area contributed by atoms with Crippen LogP contribution in [0.15, 0.2) is 53.1 Å². The molecule has 0 amide bonds. The second-order valence-electron chi connectivity index (χ2n) is 5.86. The Morgan fingerprint density at radius 1 is 0.966 bits per heavy atom. The van der Waals surface area contributed by atoms with Gasteiger partial charge in [0.25, 0.3) is 0 Å². The lowest BCUT2D eigenvalue weighted by molar-refractivity contribution is 1.10. The van der Waals surface area contributed by atoms with Crippen LogP contribution in [-0.4, -0.2) is 21.4 Å². The fourth-order valence-corrected chi connectivity index (χ4v) is 4.27. The summed E-state index contributed by atoms with van der Waals surface area (Å²) >= 11 is 25.9. The lowest BCUT2D eigenvalue weighted by Gasteiger charge is -2.03. The summed E-state index contributed by atoms with van der Waals surface area (Å²) in [7, 11) is 0. The van der Waals surface area contributed by atoms with E-state index >= 15 is 0 Å². The van der Waals surface area contributed by atoms with Gasteiger partial charge in [-0.3, -0.25) is 10.5 Å². The van der Waals surface area contributed by atoms with Gasteiger partial charge in [-0.2, -0.15) is 10.2 Å². The molecule has 0 bridgehead atoms. The summed E-state index contributed by atoms with van der Waals surface area (Å²) in [5.74, 6) is 0. The molecule has 0 fully saturated rings. The maximum atomic E-state index is 6.29. The predicted molar refractivity (Wildman–Crippen MR) is 123 cm³/mol. The molecule has 0 aliphatic carbocycles. The quantitative estimate of drug-likeness (QED) is 0.232. The van der Waals surface area contributed by atoms with Crippen LogP contribution in [0, 0.1) is 0 Å². The number of aromatic amines is 1. The van der Waals surface area contributed by atoms with Crippen molar-refractivity contribution in [1.29, 1.82) is 0 Å². The van der Waals surface area contributed by atoms with Gasteiger partial charge in [-0.15, -0.1) is 11.3 Å². The summed E-state index contributed by atoms with van der Waals surface area (Å²) in [6.45, 7) is 0. The largest absolute Gasteiger partial charge is 0.277 e. The van der Waals surface area contributed by atoms with Crippen LogP contribution in [0.4, 0.5) is 5.13 Å². The summed E-state index contributed by atoms with van der Waals surface area (Å²) in [5.41, 5.74) is 6.75. The van der Waals surface area contributed by atoms with Crippen LogP contribution in [0.5, 0.6) is 0 Å². The first-order valence-electron chi connectivity index (χ1n) is 8.20. The second kappa shape index (κ2) is 8.73. The highest BCUT2D eigenvalue weighted by atomic mass is 35.5. The summed E-state index contributed by atoms with van der Waals surface area (Å²) in [6, 6.07) is 10.6. The number of hydrogen-bond acceptors (Lipinski definition) is 5. The lowest BCUT2D eigenvalue weighted by Crippen LogP contribution is -1.92. The minimum Gasteiger partial charge on any atom is -0.277 e. The molecule has 4 rings (SSSR count). The molecule has 5 nitrogen and oxygen atoms in total. The number of hydrogen-bond donors (Lipinski definition) is 2. The molecule has 0 spiro atoms. The lowest BCUT2D eigenvalue weighted by atomic mass is 10.1. The van der Waals surface area contributed by atoms with Crippen LogP contribution in [0.2, 0.25) is 20.1 Å². The number of nitrogens with zero attached hydrogens (tertiary/aromatic N) is 3. The third-order valence-corrected chi connectivity index (χ3v) is 5.79. The smallest absolute Gasteiger partial charge is 0.203 e. The van der Waals surface area contributed by atoms with Crippen LogP contribution < -0.4 is 5.43 Å². The maximum absolute atomic E-state index is 6.29. The molecule has 0 atom stereocenters. The first-order chi connectivity index (χ1) is 14.0. The van der Waals surface area contributed by atoms with E-state index < -0.39 is 0 Å². The van der Waals surface area contributed by atoms with Gasteiger partial charge in [0.15, 0.2) is 0 Å². The Morgan fingerprint density at radius 3 is 2.34 bits per heavy atom. The molecule has 4 aromatic rings. The van der Waals surface area contributed by atoms with Gasteiger partial charge in [0.2, 0.25) is 5.13 Å². The van der Waals surface area contributed by atoms with Gasteiger partial charge in [0, 0.05) is 32.1 Å². The van der Waals surface area contributed by atoms with Crippen LogP contribution in [0.25, 0.3) is 22.5 Å². The summed E-state index contributed by atoms with van der Waals surface area (Å²) < 4.78 is 0. The standard InChI is InChI=1S/C19H11Cl4N5S/c20-11-1-3-13(15(22)5-11)17-9-29-19(26-17)28-25-8-10-7-24-27-18(10)14-4-2-12(21)6-16(14)23/h1-9H,(H,24,27)(H,26,28)/b25-8+. The Bertz CT molecular complexity index is 1200. The highest BCUT2D eigenvalue weighted by Gasteiger charge is 2.11. The number of benzene rings is 2. The zero-order valence-corrected chi connectivity index (χ0v) is 18.3. The Balaban J connectivity index is 1.51. The van der Waals surface area contributed by atoms with E-state index in [0.29, 0.717) is 25.2 Å². The minimum absolute atomic E-state index is 0.522. The zero-order valence-electron chi connectivity index (χ0n) is 14.5. The van der Waals surface area contributed by atoms with Gasteiger partial charge in [-0.25, -0.2) is 4.98 Å². The third kappa shape index (κ3) is 4.57. The average molecular weight is 483 g/mol. The number of halogens is 4. The van der Waals surface area contributed by atoms with E-state index in [4.69, 9.17) is 46.4 Å². The highest BCUT2D eigenvalue weighted by Crippen LogP contribution is 2.33. The normalized spacial score (nSPS) is 11.3. The van der Waals surface area contributed by atoms with E-state index in [1.165, 1.54) is 11.3 Å². The molecule has 10 heteroatoms. The number of nitrogens with one attached hydrogen (secondary N) is 2. The van der Waals surface area contributed by atoms with Crippen LogP contribution in [0.3, 0.4) is 0 Å². The fourth-order valence-electron chi connectivity index (χ4n) is 2.60. The van der Waals surface area contributed by atoms with Crippen molar-refractivity contribution in [2.24, 2.45) is 5.10 Å². The molecule has 0 aliphatic rings. The summed E-state index contributed by atoms with van der Waals surface area (Å²) in [5, 5.41) is 16.0. The Morgan fingerprint density at radius 2 is 1.66 bits per heavy atom. The minimum atomic E-state index is 0.522. The van der Waals surface area contributed by atoms with Gasteiger partial charge in [-0.05, 0) is 36.4 Å². The van der Waals surface area contributed by atoms with Crippen molar-refractivity contribution in [1.82, 2.24) is 15.2 Å². The number of rotatable bonds is 5. The number of anilines is 1. The van der Waals surface area contributed by atoms with Crippen LogP contribution in [-0.2, 0) is 0 Å². The van der Waals surface area contributed by atoms with Gasteiger partial charge >= 0.3 is 0 Å². The first kappa shape index (κ1) is 20.2. The topological polar surface area (TPSA) is 66.0 Å². The number of hydrazone groups is 1. The van der Waals surface area contributed by atoms with Crippen molar-refractivity contribution in [2.75, 3.05) is 5.43 Å². The molecule has 146 valence electrons. The van der Waals surface area contributed by atoms with Crippen molar-refractivity contribution in [3.63, 3.8) is 0 Å². The summed E-state index contributed by atoms with van der Waals surface area (Å²) in [6.07, 6.45) is 3.30. The molecular weight excluding hydrogens is 472 g/mol. The molecule has 2 aromatic heterocycles. The van der Waals surface area contributed by atoms with Crippen molar-refractivity contribution in [2.45, 2.75) is 0 Å². The molecule has 0 unspecified atom stereocenters. The van der Waals surface area contributed by atoms with Gasteiger partial charge in [0.1, 0.15) is 0 Å². The monoisotopic (exact) mass is 481 g/mol. The molecule has 2 aromatic carbocycles. The van der Waals surface area contributed by atoms with Gasteiger partial charge in [-0.1, -0.05) is 46.4 Å². The van der Waals surface area contributed by atoms with E-state index in [9.17, 15) is 0 Å². The van der Waals surface area contributed by atoms with E-state index in [0.717, 1.165) is 28.1 Å². The molecule has 2 N–H and O–H groups in total. The molecular formula is C19H11Cl4N5S. The SMILES string of the molecule is Clc1ccc(-c2csc(N/N=C/c3cn[nH]c3-c3ccc(Cl)cc3Cl)n2)c(Cl)c1. The molecule has 0 saturated heterocycles. The van der Waals surface area contributed by atoms with Crippen molar-refractivity contribution in [3.8, 4) is 22.5 Å². The Kier molecular flexibility index (Phi) is 6.08. The van der Waals surface area contributed by atoms with Crippen LogP contribution in [0.1, 0.15) is 5.56 Å². The fraction of sp³-hybridized carbons (Fsp3) is 0. The Labute approximate surface area is 190 Å². The van der Waals surface area contributed by atoms with E-state index in [2.05, 4.69) is 25.7 Å². The van der Waals surface area contributed by atoms with Crippen LogP contribution >= 0.6 is 57.7 Å². The molecule has 0 radical (unpaired) electrons. The summed E-state index contributed by atoms with van der Waals surface area (Å²) in [4.78, 5) is 4.50.